The van der Waals surface area contributed by atoms with Gasteiger partial charge in [-0.15, -0.1) is 0 Å². The number of nitrogens with one attached hydrogen (secondary N) is 1. The lowest BCUT2D eigenvalue weighted by atomic mass is 10.0. The second-order valence-corrected chi connectivity index (χ2v) is 4.27. The quantitative estimate of drug-likeness (QED) is 0.687. The molecule has 0 fully saturated rings. The summed E-state index contributed by atoms with van der Waals surface area (Å²) in [4.78, 5) is 20.8. The Kier molecular flexibility index (Phi) is 4.26. The fourth-order valence-electron chi connectivity index (χ4n) is 1.88. The summed E-state index contributed by atoms with van der Waals surface area (Å²) in [6, 6.07) is 16.1. The van der Waals surface area contributed by atoms with Crippen molar-refractivity contribution >= 4 is 11.6 Å². The van der Waals surface area contributed by atoms with Crippen molar-refractivity contribution in [2.24, 2.45) is 0 Å². The maximum Gasteiger partial charge on any atom is 0.296 e. The fraction of sp³-hybridized carbons (Fsp3) is 0.0667. The number of anilines is 1. The zero-order valence-electron chi connectivity index (χ0n) is 10.9. The lowest BCUT2D eigenvalue weighted by Gasteiger charge is -2.06. The molecular formula is C15H11N3O3. The average Bonchev–Trinajstić information content (AvgIpc) is 2.47. The first-order valence-electron chi connectivity index (χ1n) is 6.11. The maximum absolute atomic E-state index is 11.3. The average molecular weight is 281 g/mol. The number of carbonyl (C=O) groups excluding carboxylic acids is 1. The number of nitriles is 1. The molecular weight excluding hydrogens is 270 g/mol. The molecule has 0 aromatic heterocycles. The van der Waals surface area contributed by atoms with Gasteiger partial charge in [-0.25, -0.2) is 0 Å². The molecule has 0 aliphatic rings. The number of nitrogens with zero attached hydrogens (tertiary/aromatic N) is 2. The molecule has 0 aliphatic carbocycles. The van der Waals surface area contributed by atoms with Crippen molar-refractivity contribution in [2.45, 2.75) is 0 Å². The van der Waals surface area contributed by atoms with Crippen molar-refractivity contribution in [3.05, 3.63) is 64.2 Å². The Hall–Kier alpha value is -3.20. The first-order chi connectivity index (χ1) is 10.1. The number of hydrogen-bond donors (Lipinski definition) is 1. The Balaban J connectivity index is 2.18. The van der Waals surface area contributed by atoms with Crippen molar-refractivity contribution < 1.29 is 9.72 Å². The SMILES string of the molecule is N#Cc1ccccc1-c1ccc(NC(=O)C[N+](=O)[O-])cc1. The molecule has 6 nitrogen and oxygen atoms in total. The Labute approximate surface area is 120 Å². The number of benzene rings is 2. The summed E-state index contributed by atoms with van der Waals surface area (Å²) in [5.74, 6) is -0.676. The summed E-state index contributed by atoms with van der Waals surface area (Å²) < 4.78 is 0. The van der Waals surface area contributed by atoms with Crippen LogP contribution >= 0.6 is 0 Å². The number of carbonyl (C=O) groups is 1. The largest absolute Gasteiger partial charge is 0.320 e. The van der Waals surface area contributed by atoms with Gasteiger partial charge in [-0.3, -0.25) is 14.9 Å². The predicted octanol–water partition coefficient (Wildman–Crippen LogP) is 2.44. The molecule has 0 unspecified atom stereocenters. The van der Waals surface area contributed by atoms with Crippen molar-refractivity contribution in [3.63, 3.8) is 0 Å². The number of amides is 1. The zero-order chi connectivity index (χ0) is 15.2. The van der Waals surface area contributed by atoms with Crippen molar-refractivity contribution in [3.8, 4) is 17.2 Å². The van der Waals surface area contributed by atoms with Crippen LogP contribution in [-0.4, -0.2) is 17.4 Å². The second-order valence-electron chi connectivity index (χ2n) is 4.27. The summed E-state index contributed by atoms with van der Waals surface area (Å²) in [5, 5.41) is 21.7. The van der Waals surface area contributed by atoms with Crippen LogP contribution < -0.4 is 5.32 Å². The molecule has 104 valence electrons. The van der Waals surface area contributed by atoms with E-state index in [2.05, 4.69) is 11.4 Å². The molecule has 6 heteroatoms. The number of hydrogen-bond acceptors (Lipinski definition) is 4. The Bertz CT molecular complexity index is 718. The van der Waals surface area contributed by atoms with Crippen LogP contribution in [0.15, 0.2) is 48.5 Å². The smallest absolute Gasteiger partial charge is 0.296 e. The molecule has 21 heavy (non-hydrogen) atoms. The van der Waals surface area contributed by atoms with Crippen molar-refractivity contribution in [2.75, 3.05) is 11.9 Å². The zero-order valence-corrected chi connectivity index (χ0v) is 10.9. The minimum absolute atomic E-state index is 0.472. The highest BCUT2D eigenvalue weighted by atomic mass is 16.6. The highest BCUT2D eigenvalue weighted by molar-refractivity contribution is 5.91. The molecule has 0 bridgehead atoms. The summed E-state index contributed by atoms with van der Waals surface area (Å²) in [7, 11) is 0. The van der Waals surface area contributed by atoms with Gasteiger partial charge >= 0.3 is 0 Å². The Morgan fingerprint density at radius 2 is 1.86 bits per heavy atom. The molecule has 0 heterocycles. The predicted molar refractivity (Wildman–Crippen MR) is 77.1 cm³/mol. The molecule has 2 aromatic carbocycles. The van der Waals surface area contributed by atoms with Crippen LogP contribution in [0.3, 0.4) is 0 Å². The van der Waals surface area contributed by atoms with Crippen LogP contribution in [0, 0.1) is 21.4 Å². The third kappa shape index (κ3) is 3.64. The molecule has 0 atom stereocenters. The fourth-order valence-corrected chi connectivity index (χ4v) is 1.88. The number of rotatable bonds is 4. The van der Waals surface area contributed by atoms with E-state index in [-0.39, 0.29) is 0 Å². The summed E-state index contributed by atoms with van der Waals surface area (Å²) in [6.45, 7) is -0.765. The third-order valence-corrected chi connectivity index (χ3v) is 2.80. The van der Waals surface area contributed by atoms with Gasteiger partial charge in [0.2, 0.25) is 0 Å². The van der Waals surface area contributed by atoms with Gasteiger partial charge in [-0.05, 0) is 29.3 Å². The molecule has 1 N–H and O–H groups in total. The summed E-state index contributed by atoms with van der Waals surface area (Å²) >= 11 is 0. The van der Waals surface area contributed by atoms with Gasteiger partial charge in [0.15, 0.2) is 0 Å². The van der Waals surface area contributed by atoms with E-state index in [1.165, 1.54) is 0 Å². The molecule has 0 radical (unpaired) electrons. The van der Waals surface area contributed by atoms with Crippen LogP contribution in [0.5, 0.6) is 0 Å². The van der Waals surface area contributed by atoms with E-state index in [0.29, 0.717) is 11.3 Å². The van der Waals surface area contributed by atoms with E-state index in [9.17, 15) is 14.9 Å². The van der Waals surface area contributed by atoms with Gasteiger partial charge in [0.05, 0.1) is 11.6 Å². The normalized spacial score (nSPS) is 9.67. The summed E-state index contributed by atoms with van der Waals surface area (Å²) in [6.07, 6.45) is 0. The van der Waals surface area contributed by atoms with Crippen LogP contribution in [0.25, 0.3) is 11.1 Å². The topological polar surface area (TPSA) is 96.0 Å². The second kappa shape index (κ2) is 6.30. The van der Waals surface area contributed by atoms with Gasteiger partial charge in [0.1, 0.15) is 0 Å². The first-order valence-corrected chi connectivity index (χ1v) is 6.11. The lowest BCUT2D eigenvalue weighted by Crippen LogP contribution is -2.21. The molecule has 0 spiro atoms. The molecule has 0 aliphatic heterocycles. The highest BCUT2D eigenvalue weighted by Gasteiger charge is 2.09. The van der Waals surface area contributed by atoms with Crippen LogP contribution in [0.1, 0.15) is 5.56 Å². The van der Waals surface area contributed by atoms with Gasteiger partial charge < -0.3 is 5.32 Å². The monoisotopic (exact) mass is 281 g/mol. The van der Waals surface area contributed by atoms with Gasteiger partial charge in [0, 0.05) is 10.6 Å². The van der Waals surface area contributed by atoms with Crippen LogP contribution in [0.2, 0.25) is 0 Å². The van der Waals surface area contributed by atoms with Gasteiger partial charge in [-0.2, -0.15) is 5.26 Å². The minimum Gasteiger partial charge on any atom is -0.320 e. The van der Waals surface area contributed by atoms with E-state index >= 15 is 0 Å². The Morgan fingerprint density at radius 1 is 1.19 bits per heavy atom. The van der Waals surface area contributed by atoms with Crippen LogP contribution in [0.4, 0.5) is 5.69 Å². The molecule has 0 saturated carbocycles. The lowest BCUT2D eigenvalue weighted by molar-refractivity contribution is -0.467. The Morgan fingerprint density at radius 3 is 2.48 bits per heavy atom. The van der Waals surface area contributed by atoms with E-state index in [1.54, 1.807) is 36.4 Å². The minimum atomic E-state index is -0.765. The number of nitro groups is 1. The third-order valence-electron chi connectivity index (χ3n) is 2.80. The van der Waals surface area contributed by atoms with E-state index in [1.807, 2.05) is 12.1 Å². The molecule has 2 rings (SSSR count). The van der Waals surface area contributed by atoms with Crippen molar-refractivity contribution in [1.82, 2.24) is 0 Å². The van der Waals surface area contributed by atoms with E-state index < -0.39 is 17.4 Å². The van der Waals surface area contributed by atoms with Crippen LogP contribution in [-0.2, 0) is 4.79 Å². The van der Waals surface area contributed by atoms with E-state index in [0.717, 1.165) is 11.1 Å². The van der Waals surface area contributed by atoms with Gasteiger partial charge in [-0.1, -0.05) is 30.3 Å². The molecule has 2 aromatic rings. The maximum atomic E-state index is 11.3. The highest BCUT2D eigenvalue weighted by Crippen LogP contribution is 2.24. The van der Waals surface area contributed by atoms with Crippen molar-refractivity contribution in [1.29, 1.82) is 5.26 Å². The molecule has 0 saturated heterocycles. The standard InChI is InChI=1S/C15H11N3O3/c16-9-12-3-1-2-4-14(12)11-5-7-13(8-6-11)17-15(19)10-18(20)21/h1-8H,10H2,(H,17,19). The summed E-state index contributed by atoms with van der Waals surface area (Å²) in [5.41, 5.74) is 2.66. The van der Waals surface area contributed by atoms with Gasteiger partial charge in [0.25, 0.3) is 12.5 Å². The molecule has 1 amide bonds. The first kappa shape index (κ1) is 14.2. The van der Waals surface area contributed by atoms with E-state index in [4.69, 9.17) is 5.26 Å².